The Balaban J connectivity index is 2.23. The molecule has 0 aliphatic carbocycles. The van der Waals surface area contributed by atoms with Gasteiger partial charge < -0.3 is 14.0 Å². The second-order valence-corrected chi connectivity index (χ2v) is 3.97. The van der Waals surface area contributed by atoms with Crippen molar-refractivity contribution in [3.8, 4) is 11.5 Å². The van der Waals surface area contributed by atoms with Crippen LogP contribution in [0.5, 0.6) is 0 Å². The number of fused-ring (bicyclic) bond motifs is 1. The van der Waals surface area contributed by atoms with Crippen LogP contribution in [0.15, 0.2) is 39.4 Å². The lowest BCUT2D eigenvalue weighted by Crippen LogP contribution is -1.95. The van der Waals surface area contributed by atoms with Gasteiger partial charge in [0, 0.05) is 5.39 Å². The number of aromatic nitrogens is 1. The summed E-state index contributed by atoms with van der Waals surface area (Å²) >= 11 is 0. The van der Waals surface area contributed by atoms with E-state index in [0.29, 0.717) is 11.3 Å². The second kappa shape index (κ2) is 3.73. The summed E-state index contributed by atoms with van der Waals surface area (Å²) in [5, 5.41) is 13.4. The zero-order valence-corrected chi connectivity index (χ0v) is 9.51. The maximum absolute atomic E-state index is 11.0. The van der Waals surface area contributed by atoms with Gasteiger partial charge in [0.15, 0.2) is 5.76 Å². The van der Waals surface area contributed by atoms with Crippen molar-refractivity contribution in [1.82, 2.24) is 5.16 Å². The van der Waals surface area contributed by atoms with Crippen molar-refractivity contribution >= 4 is 16.9 Å². The maximum atomic E-state index is 11.0. The van der Waals surface area contributed by atoms with Crippen LogP contribution in [0.25, 0.3) is 22.5 Å². The Hall–Kier alpha value is -2.56. The molecule has 0 aliphatic heterocycles. The van der Waals surface area contributed by atoms with Crippen LogP contribution in [0.1, 0.15) is 15.9 Å². The van der Waals surface area contributed by atoms with Gasteiger partial charge >= 0.3 is 5.97 Å². The van der Waals surface area contributed by atoms with Crippen molar-refractivity contribution in [2.24, 2.45) is 0 Å². The van der Waals surface area contributed by atoms with Gasteiger partial charge in [-0.05, 0) is 24.6 Å². The number of carboxylic acids is 1. The Kier molecular flexibility index (Phi) is 2.19. The topological polar surface area (TPSA) is 76.5 Å². The smallest absolute Gasteiger partial charge is 0.341 e. The monoisotopic (exact) mass is 243 g/mol. The van der Waals surface area contributed by atoms with E-state index in [0.717, 1.165) is 17.1 Å². The zero-order valence-electron chi connectivity index (χ0n) is 9.51. The van der Waals surface area contributed by atoms with Gasteiger partial charge in [-0.25, -0.2) is 4.79 Å². The van der Waals surface area contributed by atoms with E-state index < -0.39 is 5.97 Å². The lowest BCUT2D eigenvalue weighted by atomic mass is 10.1. The van der Waals surface area contributed by atoms with Crippen LogP contribution >= 0.6 is 0 Å². The minimum atomic E-state index is -1.09. The fourth-order valence-electron chi connectivity index (χ4n) is 1.89. The van der Waals surface area contributed by atoms with Crippen LogP contribution in [0.4, 0.5) is 0 Å². The van der Waals surface area contributed by atoms with E-state index >= 15 is 0 Å². The van der Waals surface area contributed by atoms with Crippen molar-refractivity contribution in [3.63, 3.8) is 0 Å². The Morgan fingerprint density at radius 2 is 2.22 bits per heavy atom. The Morgan fingerprint density at radius 3 is 2.94 bits per heavy atom. The summed E-state index contributed by atoms with van der Waals surface area (Å²) in [4.78, 5) is 11.0. The van der Waals surface area contributed by atoms with Crippen LogP contribution in [0, 0.1) is 6.92 Å². The summed E-state index contributed by atoms with van der Waals surface area (Å²) in [7, 11) is 0. The van der Waals surface area contributed by atoms with E-state index in [-0.39, 0.29) is 11.3 Å². The molecule has 0 radical (unpaired) electrons. The number of aromatic carboxylic acids is 1. The third kappa shape index (κ3) is 1.48. The maximum Gasteiger partial charge on any atom is 0.341 e. The molecule has 3 rings (SSSR count). The van der Waals surface area contributed by atoms with Crippen LogP contribution < -0.4 is 0 Å². The number of hydrogen-bond acceptors (Lipinski definition) is 4. The van der Waals surface area contributed by atoms with Crippen molar-refractivity contribution in [2.45, 2.75) is 6.92 Å². The number of benzene rings is 1. The summed E-state index contributed by atoms with van der Waals surface area (Å²) in [5.74, 6) is -0.587. The minimum Gasteiger partial charge on any atom is -0.477 e. The van der Waals surface area contributed by atoms with E-state index in [2.05, 4.69) is 5.16 Å². The van der Waals surface area contributed by atoms with Gasteiger partial charge in [0.25, 0.3) is 0 Å². The van der Waals surface area contributed by atoms with Gasteiger partial charge in [0.05, 0.1) is 6.20 Å². The third-order valence-electron chi connectivity index (χ3n) is 2.80. The minimum absolute atomic E-state index is 0.00768. The van der Waals surface area contributed by atoms with Crippen LogP contribution in [0.2, 0.25) is 0 Å². The van der Waals surface area contributed by atoms with Crippen LogP contribution in [-0.2, 0) is 0 Å². The quantitative estimate of drug-likeness (QED) is 0.748. The van der Waals surface area contributed by atoms with E-state index in [1.54, 1.807) is 6.07 Å². The normalized spacial score (nSPS) is 10.9. The van der Waals surface area contributed by atoms with Gasteiger partial charge in [-0.2, -0.15) is 0 Å². The molecule has 0 saturated carbocycles. The van der Waals surface area contributed by atoms with Gasteiger partial charge in [0.1, 0.15) is 11.1 Å². The summed E-state index contributed by atoms with van der Waals surface area (Å²) in [5.41, 5.74) is 1.74. The summed E-state index contributed by atoms with van der Waals surface area (Å²) < 4.78 is 10.5. The van der Waals surface area contributed by atoms with Gasteiger partial charge in [-0.15, -0.1) is 0 Å². The first-order valence-corrected chi connectivity index (χ1v) is 5.34. The molecule has 0 aliphatic rings. The molecule has 0 amide bonds. The van der Waals surface area contributed by atoms with Gasteiger partial charge in [0.2, 0.25) is 5.76 Å². The van der Waals surface area contributed by atoms with E-state index in [9.17, 15) is 4.79 Å². The third-order valence-corrected chi connectivity index (χ3v) is 2.80. The van der Waals surface area contributed by atoms with Gasteiger partial charge in [-0.3, -0.25) is 0 Å². The van der Waals surface area contributed by atoms with Gasteiger partial charge in [-0.1, -0.05) is 17.3 Å². The predicted octanol–water partition coefficient (Wildman–Crippen LogP) is 3.09. The van der Waals surface area contributed by atoms with Crippen LogP contribution in [-0.4, -0.2) is 16.2 Å². The highest BCUT2D eigenvalue weighted by Crippen LogP contribution is 2.31. The lowest BCUT2D eigenvalue weighted by molar-refractivity contribution is 0.0697. The Bertz CT molecular complexity index is 738. The molecule has 0 unspecified atom stereocenters. The largest absolute Gasteiger partial charge is 0.477 e. The highest BCUT2D eigenvalue weighted by Gasteiger charge is 2.20. The molecule has 2 aromatic heterocycles. The highest BCUT2D eigenvalue weighted by atomic mass is 16.5. The average Bonchev–Trinajstić information content (AvgIpc) is 2.95. The van der Waals surface area contributed by atoms with E-state index in [1.807, 2.05) is 25.1 Å². The number of hydrogen-bond donors (Lipinski definition) is 1. The molecule has 0 bridgehead atoms. The SMILES string of the molecule is Cc1cccc2oc(-c3oncc3C(=O)O)cc12. The molecule has 18 heavy (non-hydrogen) atoms. The summed E-state index contributed by atoms with van der Waals surface area (Å²) in [6.07, 6.45) is 1.16. The Labute approximate surface area is 102 Å². The molecule has 1 N–H and O–H groups in total. The first-order valence-electron chi connectivity index (χ1n) is 5.34. The Morgan fingerprint density at radius 1 is 1.39 bits per heavy atom. The standard InChI is InChI=1S/C13H9NO4/c1-7-3-2-4-10-8(7)5-11(17-10)12-9(13(15)16)6-14-18-12/h2-6H,1H3,(H,15,16). The van der Waals surface area contributed by atoms with E-state index in [1.165, 1.54) is 0 Å². The summed E-state index contributed by atoms with van der Waals surface area (Å²) in [6.45, 7) is 1.96. The zero-order chi connectivity index (χ0) is 12.7. The molecule has 0 saturated heterocycles. The number of carbonyl (C=O) groups is 1. The first-order chi connectivity index (χ1) is 8.66. The molecular formula is C13H9NO4. The number of nitrogens with zero attached hydrogens (tertiary/aromatic N) is 1. The lowest BCUT2D eigenvalue weighted by Gasteiger charge is -1.91. The molecule has 90 valence electrons. The fraction of sp³-hybridized carbons (Fsp3) is 0.0769. The van der Waals surface area contributed by atoms with E-state index in [4.69, 9.17) is 14.0 Å². The van der Waals surface area contributed by atoms with Crippen molar-refractivity contribution in [3.05, 3.63) is 41.6 Å². The number of aryl methyl sites for hydroxylation is 1. The number of rotatable bonds is 2. The van der Waals surface area contributed by atoms with Crippen LogP contribution in [0.3, 0.4) is 0 Å². The first kappa shape index (κ1) is 10.6. The molecule has 3 aromatic rings. The molecule has 5 heteroatoms. The van der Waals surface area contributed by atoms with Crippen molar-refractivity contribution in [2.75, 3.05) is 0 Å². The molecule has 0 atom stereocenters. The average molecular weight is 243 g/mol. The second-order valence-electron chi connectivity index (χ2n) is 3.97. The molecule has 5 nitrogen and oxygen atoms in total. The molecule has 0 fully saturated rings. The van der Waals surface area contributed by atoms with Crippen molar-refractivity contribution < 1.29 is 18.8 Å². The fourth-order valence-corrected chi connectivity index (χ4v) is 1.89. The molecule has 0 spiro atoms. The highest BCUT2D eigenvalue weighted by molar-refractivity contribution is 5.95. The molecule has 1 aromatic carbocycles. The molecule has 2 heterocycles. The summed E-state index contributed by atoms with van der Waals surface area (Å²) in [6, 6.07) is 7.42. The predicted molar refractivity (Wildman–Crippen MR) is 63.4 cm³/mol. The van der Waals surface area contributed by atoms with Crippen molar-refractivity contribution in [1.29, 1.82) is 0 Å². The number of furan rings is 1. The number of carboxylic acid groups (broad SMARTS) is 1. The molecular weight excluding hydrogens is 234 g/mol.